The molecule has 200 valence electrons. The summed E-state index contributed by atoms with van der Waals surface area (Å²) in [7, 11) is 0. The number of carbonyl (C=O) groups excluding carboxylic acids is 2. The molecular formula is C29H36N6O3. The van der Waals surface area contributed by atoms with Crippen molar-refractivity contribution < 1.29 is 14.3 Å². The zero-order valence-corrected chi connectivity index (χ0v) is 22.4. The summed E-state index contributed by atoms with van der Waals surface area (Å²) < 4.78 is 5.27. The second-order valence-corrected chi connectivity index (χ2v) is 11.6. The lowest BCUT2D eigenvalue weighted by Crippen LogP contribution is -2.72. The summed E-state index contributed by atoms with van der Waals surface area (Å²) in [6.07, 6.45) is 5.86. The number of nitrogens with zero attached hydrogens (tertiary/aromatic N) is 5. The van der Waals surface area contributed by atoms with E-state index < -0.39 is 0 Å². The first kappa shape index (κ1) is 24.9. The minimum Gasteiger partial charge on any atom is -0.444 e. The second-order valence-electron chi connectivity index (χ2n) is 11.6. The number of ether oxygens (including phenoxy) is 1. The standard InChI is InChI=1S/C29H36N6O3/c1-5-23(33-15-28(16-33)17-34(18-28)24(36)6-2)20-7-9-22(10-8-20)29(11-12-29)32-26-30-13-21-14-38-27(37)35(19(3)4)25(21)31-26/h6-10,13,19,23H,2,5,11-12,14-18H2,1,3-4H3,(H,30,31,32). The smallest absolute Gasteiger partial charge is 0.416 e. The molecule has 4 heterocycles. The van der Waals surface area contributed by atoms with E-state index in [9.17, 15) is 9.59 Å². The summed E-state index contributed by atoms with van der Waals surface area (Å²) in [5, 5.41) is 3.57. The number of cyclic esters (lactones) is 1. The monoisotopic (exact) mass is 516 g/mol. The fourth-order valence-electron chi connectivity index (χ4n) is 6.36. The molecule has 1 aliphatic carbocycles. The number of aromatic nitrogens is 2. The molecule has 1 atom stereocenters. The van der Waals surface area contributed by atoms with Gasteiger partial charge in [-0.2, -0.15) is 4.98 Å². The van der Waals surface area contributed by atoms with Gasteiger partial charge in [0.25, 0.3) is 0 Å². The van der Waals surface area contributed by atoms with Gasteiger partial charge in [0.1, 0.15) is 12.4 Å². The molecule has 38 heavy (non-hydrogen) atoms. The van der Waals surface area contributed by atoms with Crippen molar-refractivity contribution in [1.29, 1.82) is 0 Å². The first-order valence-corrected chi connectivity index (χ1v) is 13.6. The molecular weight excluding hydrogens is 480 g/mol. The van der Waals surface area contributed by atoms with Crippen molar-refractivity contribution in [3.8, 4) is 0 Å². The molecule has 3 fully saturated rings. The van der Waals surface area contributed by atoms with Gasteiger partial charge < -0.3 is 15.0 Å². The highest BCUT2D eigenvalue weighted by Crippen LogP contribution is 2.49. The van der Waals surface area contributed by atoms with E-state index in [0.29, 0.717) is 17.8 Å². The predicted octanol–water partition coefficient (Wildman–Crippen LogP) is 4.22. The number of hydrogen-bond acceptors (Lipinski definition) is 7. The van der Waals surface area contributed by atoms with Crippen LogP contribution in [-0.4, -0.2) is 64.0 Å². The van der Waals surface area contributed by atoms with Crippen LogP contribution < -0.4 is 10.2 Å². The average Bonchev–Trinajstić information content (AvgIpc) is 3.64. The maximum Gasteiger partial charge on any atom is 0.416 e. The Morgan fingerprint density at radius 2 is 1.89 bits per heavy atom. The van der Waals surface area contributed by atoms with Gasteiger partial charge in [-0.05, 0) is 50.3 Å². The van der Waals surface area contributed by atoms with Crippen molar-refractivity contribution in [2.24, 2.45) is 5.41 Å². The van der Waals surface area contributed by atoms with Crippen LogP contribution >= 0.6 is 0 Å². The molecule has 1 saturated carbocycles. The van der Waals surface area contributed by atoms with Crippen LogP contribution in [0.1, 0.15) is 62.8 Å². The van der Waals surface area contributed by atoms with Gasteiger partial charge in [-0.25, -0.2) is 9.78 Å². The van der Waals surface area contributed by atoms with Crippen molar-refractivity contribution in [3.05, 3.63) is 59.8 Å². The summed E-state index contributed by atoms with van der Waals surface area (Å²) in [6.45, 7) is 13.7. The number of rotatable bonds is 8. The fraction of sp³-hybridized carbons (Fsp3) is 0.517. The Bertz CT molecular complexity index is 1260. The number of fused-ring (bicyclic) bond motifs is 1. The normalized spacial score (nSPS) is 21.7. The molecule has 6 rings (SSSR count). The molecule has 0 bridgehead atoms. The molecule has 1 aromatic carbocycles. The number of carbonyl (C=O) groups is 2. The third-order valence-corrected chi connectivity index (χ3v) is 8.53. The third-order valence-electron chi connectivity index (χ3n) is 8.53. The van der Waals surface area contributed by atoms with Gasteiger partial charge in [-0.3, -0.25) is 14.6 Å². The Morgan fingerprint density at radius 1 is 1.18 bits per heavy atom. The van der Waals surface area contributed by atoms with Gasteiger partial charge in [0.2, 0.25) is 11.9 Å². The van der Waals surface area contributed by atoms with Crippen molar-refractivity contribution in [3.63, 3.8) is 0 Å². The number of amides is 2. The number of likely N-dealkylation sites (tertiary alicyclic amines) is 2. The third kappa shape index (κ3) is 4.13. The Balaban J connectivity index is 1.13. The summed E-state index contributed by atoms with van der Waals surface area (Å²) in [6, 6.07) is 9.31. The van der Waals surface area contributed by atoms with Crippen LogP contribution in [0.4, 0.5) is 16.6 Å². The van der Waals surface area contributed by atoms with Gasteiger partial charge >= 0.3 is 6.09 Å². The van der Waals surface area contributed by atoms with E-state index in [-0.39, 0.29) is 35.6 Å². The maximum atomic E-state index is 12.3. The highest BCUT2D eigenvalue weighted by atomic mass is 16.6. The molecule has 1 unspecified atom stereocenters. The van der Waals surface area contributed by atoms with E-state index >= 15 is 0 Å². The molecule has 0 radical (unpaired) electrons. The molecule has 2 saturated heterocycles. The van der Waals surface area contributed by atoms with E-state index in [0.717, 1.165) is 51.0 Å². The van der Waals surface area contributed by atoms with Crippen LogP contribution in [0.2, 0.25) is 0 Å². The number of anilines is 2. The second kappa shape index (κ2) is 9.08. The van der Waals surface area contributed by atoms with Gasteiger partial charge in [0.15, 0.2) is 0 Å². The molecule has 4 aliphatic rings. The van der Waals surface area contributed by atoms with Gasteiger partial charge in [0, 0.05) is 49.9 Å². The number of nitrogens with one attached hydrogen (secondary N) is 1. The van der Waals surface area contributed by atoms with Crippen LogP contribution in [-0.2, 0) is 21.7 Å². The molecule has 9 heteroatoms. The number of benzene rings is 1. The van der Waals surface area contributed by atoms with E-state index in [1.54, 1.807) is 11.1 Å². The van der Waals surface area contributed by atoms with Crippen LogP contribution in [0.15, 0.2) is 43.1 Å². The summed E-state index contributed by atoms with van der Waals surface area (Å²) in [5.74, 6) is 1.20. The van der Waals surface area contributed by atoms with E-state index in [1.807, 2.05) is 18.7 Å². The Morgan fingerprint density at radius 3 is 2.50 bits per heavy atom. The van der Waals surface area contributed by atoms with Gasteiger partial charge in [0.05, 0.1) is 11.1 Å². The van der Waals surface area contributed by atoms with Gasteiger partial charge in [-0.1, -0.05) is 37.8 Å². The van der Waals surface area contributed by atoms with Crippen molar-refractivity contribution in [2.75, 3.05) is 36.4 Å². The van der Waals surface area contributed by atoms with Crippen LogP contribution in [0.5, 0.6) is 0 Å². The van der Waals surface area contributed by atoms with Gasteiger partial charge in [-0.15, -0.1) is 0 Å². The lowest BCUT2D eigenvalue weighted by molar-refractivity contribution is -0.159. The Labute approximate surface area is 223 Å². The van der Waals surface area contributed by atoms with Crippen LogP contribution in [0, 0.1) is 5.41 Å². The molecule has 1 spiro atoms. The zero-order chi connectivity index (χ0) is 26.7. The lowest BCUT2D eigenvalue weighted by Gasteiger charge is -2.61. The first-order chi connectivity index (χ1) is 18.3. The molecule has 2 aromatic rings. The summed E-state index contributed by atoms with van der Waals surface area (Å²) in [5.41, 5.74) is 3.47. The van der Waals surface area contributed by atoms with Crippen LogP contribution in [0.3, 0.4) is 0 Å². The Kier molecular flexibility index (Phi) is 5.94. The SMILES string of the molecule is C=CC(=O)N1CC2(C1)CN(C(CC)c1ccc(C3(Nc4ncc5c(n4)N(C(C)C)C(=O)OC5)CC3)cc1)C2. The van der Waals surface area contributed by atoms with Crippen molar-refractivity contribution >= 4 is 23.8 Å². The quantitative estimate of drug-likeness (QED) is 0.525. The zero-order valence-electron chi connectivity index (χ0n) is 22.4. The van der Waals surface area contributed by atoms with Crippen molar-refractivity contribution in [1.82, 2.24) is 19.8 Å². The molecule has 9 nitrogen and oxygen atoms in total. The maximum absolute atomic E-state index is 12.3. The highest BCUT2D eigenvalue weighted by Gasteiger charge is 2.54. The minimum absolute atomic E-state index is 0.0415. The largest absolute Gasteiger partial charge is 0.444 e. The summed E-state index contributed by atoms with van der Waals surface area (Å²) in [4.78, 5) is 39.4. The molecule has 2 amide bonds. The topological polar surface area (TPSA) is 90.9 Å². The first-order valence-electron chi connectivity index (χ1n) is 13.6. The van der Waals surface area contributed by atoms with Crippen LogP contribution in [0.25, 0.3) is 0 Å². The molecule has 1 N–H and O–H groups in total. The fourth-order valence-corrected chi connectivity index (χ4v) is 6.36. The lowest BCUT2D eigenvalue weighted by atomic mass is 9.71. The minimum atomic E-state index is -0.368. The predicted molar refractivity (Wildman–Crippen MR) is 145 cm³/mol. The highest BCUT2D eigenvalue weighted by molar-refractivity contribution is 5.89. The Hall–Kier alpha value is -3.46. The molecule has 1 aromatic heterocycles. The average molecular weight is 517 g/mol. The molecule has 3 aliphatic heterocycles. The van der Waals surface area contributed by atoms with E-state index in [2.05, 4.69) is 53.0 Å². The van der Waals surface area contributed by atoms with E-state index in [4.69, 9.17) is 9.72 Å². The number of hydrogen-bond donors (Lipinski definition) is 1. The van der Waals surface area contributed by atoms with E-state index in [1.165, 1.54) is 17.2 Å². The summed E-state index contributed by atoms with van der Waals surface area (Å²) >= 11 is 0. The van der Waals surface area contributed by atoms with Crippen molar-refractivity contribution in [2.45, 2.75) is 64.3 Å².